The molecule has 8 heteroatoms. The Morgan fingerprint density at radius 2 is 1.94 bits per heavy atom. The number of benzene rings is 1. The second-order valence-electron chi connectivity index (χ2n) is 9.85. The molecule has 0 bridgehead atoms. The zero-order valence-corrected chi connectivity index (χ0v) is 21.8. The molecule has 1 aliphatic heterocycles. The van der Waals surface area contributed by atoms with Crippen LogP contribution >= 0.6 is 15.9 Å². The first kappa shape index (κ1) is 22.8. The molecule has 4 heterocycles. The normalized spacial score (nSPS) is 15.9. The Morgan fingerprint density at radius 3 is 2.65 bits per heavy atom. The molecule has 0 aliphatic carbocycles. The lowest BCUT2D eigenvalue weighted by molar-refractivity contribution is 0.396. The lowest BCUT2D eigenvalue weighted by Gasteiger charge is -2.26. The zero-order valence-electron chi connectivity index (χ0n) is 20.2. The van der Waals surface area contributed by atoms with Crippen molar-refractivity contribution < 1.29 is 4.74 Å². The Labute approximate surface area is 208 Å². The summed E-state index contributed by atoms with van der Waals surface area (Å²) in [6, 6.07) is 10.6. The topological polar surface area (TPSA) is 70.7 Å². The van der Waals surface area contributed by atoms with E-state index < -0.39 is 0 Å². The number of imidazole rings is 1. The summed E-state index contributed by atoms with van der Waals surface area (Å²) in [5, 5.41) is 4.83. The maximum atomic E-state index is 5.60. The van der Waals surface area contributed by atoms with Crippen LogP contribution in [0.5, 0.6) is 5.88 Å². The number of hydrogen-bond acceptors (Lipinski definition) is 5. The van der Waals surface area contributed by atoms with Crippen LogP contribution in [0.4, 0.5) is 0 Å². The van der Waals surface area contributed by atoms with Crippen molar-refractivity contribution in [3.63, 3.8) is 0 Å². The minimum Gasteiger partial charge on any atom is -0.479 e. The molecule has 1 aliphatic rings. The van der Waals surface area contributed by atoms with Crippen molar-refractivity contribution in [3.05, 3.63) is 70.0 Å². The molecule has 1 atom stereocenters. The van der Waals surface area contributed by atoms with Crippen molar-refractivity contribution in [2.45, 2.75) is 58.4 Å². The Bertz CT molecular complexity index is 1350. The molecule has 3 aromatic heterocycles. The SMILES string of the molecule is COc1nc(-c2nc3n(n2)CCC[C@H]3c2cc(C(C)(C)C)ccc2Br)ccc1-n1cnc(C)c1. The van der Waals surface area contributed by atoms with Crippen molar-refractivity contribution >= 4 is 15.9 Å². The summed E-state index contributed by atoms with van der Waals surface area (Å²) in [6.07, 6.45) is 5.81. The summed E-state index contributed by atoms with van der Waals surface area (Å²) in [7, 11) is 1.63. The van der Waals surface area contributed by atoms with Crippen LogP contribution in [0.15, 0.2) is 47.3 Å². The average Bonchev–Trinajstić information content (AvgIpc) is 3.44. The lowest BCUT2D eigenvalue weighted by atomic mass is 9.83. The second-order valence-corrected chi connectivity index (χ2v) is 10.7. The van der Waals surface area contributed by atoms with Gasteiger partial charge in [-0.25, -0.2) is 19.6 Å². The zero-order chi connectivity index (χ0) is 24.0. The molecule has 0 saturated heterocycles. The van der Waals surface area contributed by atoms with Crippen LogP contribution in [-0.2, 0) is 12.0 Å². The van der Waals surface area contributed by atoms with Gasteiger partial charge in [-0.1, -0.05) is 48.8 Å². The van der Waals surface area contributed by atoms with Gasteiger partial charge in [0.2, 0.25) is 5.88 Å². The minimum atomic E-state index is 0.0823. The lowest BCUT2D eigenvalue weighted by Crippen LogP contribution is -2.19. The van der Waals surface area contributed by atoms with Gasteiger partial charge in [-0.05, 0) is 54.5 Å². The van der Waals surface area contributed by atoms with Crippen LogP contribution in [0.25, 0.3) is 17.2 Å². The Hall–Kier alpha value is -3.00. The van der Waals surface area contributed by atoms with Gasteiger partial charge >= 0.3 is 0 Å². The molecule has 0 radical (unpaired) electrons. The summed E-state index contributed by atoms with van der Waals surface area (Å²) >= 11 is 3.79. The van der Waals surface area contributed by atoms with Crippen LogP contribution in [0.2, 0.25) is 0 Å². The molecule has 0 amide bonds. The van der Waals surface area contributed by atoms with Crippen LogP contribution in [0.1, 0.15) is 62.2 Å². The summed E-state index contributed by atoms with van der Waals surface area (Å²) in [4.78, 5) is 14.0. The van der Waals surface area contributed by atoms with E-state index in [2.05, 4.69) is 59.9 Å². The van der Waals surface area contributed by atoms with Crippen LogP contribution < -0.4 is 4.74 Å². The van der Waals surface area contributed by atoms with E-state index in [-0.39, 0.29) is 11.3 Å². The molecule has 0 saturated carbocycles. The highest BCUT2D eigenvalue weighted by Gasteiger charge is 2.29. The molecule has 4 aromatic rings. The number of ether oxygens (including phenoxy) is 1. The number of nitrogens with zero attached hydrogens (tertiary/aromatic N) is 6. The first-order valence-electron chi connectivity index (χ1n) is 11.6. The van der Waals surface area contributed by atoms with E-state index in [1.165, 1.54) is 11.1 Å². The molecule has 1 aromatic carbocycles. The monoisotopic (exact) mass is 520 g/mol. The van der Waals surface area contributed by atoms with E-state index in [0.717, 1.165) is 41.1 Å². The largest absolute Gasteiger partial charge is 0.479 e. The van der Waals surface area contributed by atoms with Gasteiger partial charge in [0.1, 0.15) is 17.2 Å². The van der Waals surface area contributed by atoms with E-state index >= 15 is 0 Å². The number of rotatable bonds is 4. The molecule has 5 rings (SSSR count). The molecule has 0 fully saturated rings. The maximum Gasteiger partial charge on any atom is 0.238 e. The fourth-order valence-corrected chi connectivity index (χ4v) is 5.01. The molecular formula is C26H29BrN6O. The second kappa shape index (κ2) is 8.65. The molecule has 176 valence electrons. The van der Waals surface area contributed by atoms with Crippen molar-refractivity contribution in [1.82, 2.24) is 29.3 Å². The van der Waals surface area contributed by atoms with Gasteiger partial charge in [0.15, 0.2) is 5.82 Å². The fraction of sp³-hybridized carbons (Fsp3) is 0.385. The first-order valence-corrected chi connectivity index (χ1v) is 12.3. The van der Waals surface area contributed by atoms with E-state index in [1.54, 1.807) is 13.4 Å². The summed E-state index contributed by atoms with van der Waals surface area (Å²) < 4.78 is 10.7. The van der Waals surface area contributed by atoms with Gasteiger partial charge < -0.3 is 9.30 Å². The van der Waals surface area contributed by atoms with Gasteiger partial charge in [0.05, 0.1) is 19.1 Å². The number of fused-ring (bicyclic) bond motifs is 1. The van der Waals surface area contributed by atoms with Gasteiger partial charge in [-0.2, -0.15) is 0 Å². The van der Waals surface area contributed by atoms with Crippen molar-refractivity contribution in [3.8, 4) is 23.1 Å². The number of halogens is 1. The first-order chi connectivity index (χ1) is 16.2. The summed E-state index contributed by atoms with van der Waals surface area (Å²) in [5.41, 5.74) is 5.13. The molecule has 0 N–H and O–H groups in total. The van der Waals surface area contributed by atoms with E-state index in [4.69, 9.17) is 19.8 Å². The van der Waals surface area contributed by atoms with Gasteiger partial charge in [-0.15, -0.1) is 5.10 Å². The molecule has 0 unspecified atom stereocenters. The van der Waals surface area contributed by atoms with E-state index in [0.29, 0.717) is 17.4 Å². The smallest absolute Gasteiger partial charge is 0.238 e. The molecule has 34 heavy (non-hydrogen) atoms. The minimum absolute atomic E-state index is 0.0823. The van der Waals surface area contributed by atoms with Gasteiger partial charge in [0, 0.05) is 23.1 Å². The third kappa shape index (κ3) is 4.15. The van der Waals surface area contributed by atoms with Crippen LogP contribution in [-0.4, -0.2) is 36.4 Å². The Balaban J connectivity index is 1.54. The van der Waals surface area contributed by atoms with Crippen molar-refractivity contribution in [2.24, 2.45) is 0 Å². The van der Waals surface area contributed by atoms with Gasteiger partial charge in [-0.3, -0.25) is 0 Å². The highest BCUT2D eigenvalue weighted by atomic mass is 79.9. The number of methoxy groups -OCH3 is 1. The average molecular weight is 521 g/mol. The number of aryl methyl sites for hydroxylation is 2. The Kier molecular flexibility index (Phi) is 5.80. The number of pyridine rings is 1. The molecular weight excluding hydrogens is 492 g/mol. The van der Waals surface area contributed by atoms with Gasteiger partial charge in [0.25, 0.3) is 0 Å². The predicted octanol–water partition coefficient (Wildman–Crippen LogP) is 5.83. The Morgan fingerprint density at radius 1 is 1.12 bits per heavy atom. The standard InChI is InChI=1S/C26H29BrN6O/c1-16-14-32(15-28-16)22-11-10-21(29-25(22)34-5)23-30-24-18(7-6-12-33(24)31-23)19-13-17(26(2,3)4)8-9-20(19)27/h8-11,13-15,18H,6-7,12H2,1-5H3/t18-/m0/s1. The summed E-state index contributed by atoms with van der Waals surface area (Å²) in [5.74, 6) is 2.31. The third-order valence-electron chi connectivity index (χ3n) is 6.36. The van der Waals surface area contributed by atoms with E-state index in [1.807, 2.05) is 34.5 Å². The van der Waals surface area contributed by atoms with E-state index in [9.17, 15) is 0 Å². The molecule has 7 nitrogen and oxygen atoms in total. The number of aromatic nitrogens is 6. The van der Waals surface area contributed by atoms with Crippen molar-refractivity contribution in [1.29, 1.82) is 0 Å². The maximum absolute atomic E-state index is 5.60. The van der Waals surface area contributed by atoms with Crippen LogP contribution in [0.3, 0.4) is 0 Å². The third-order valence-corrected chi connectivity index (χ3v) is 7.09. The summed E-state index contributed by atoms with van der Waals surface area (Å²) in [6.45, 7) is 9.55. The van der Waals surface area contributed by atoms with Crippen molar-refractivity contribution in [2.75, 3.05) is 7.11 Å². The molecule has 0 spiro atoms. The quantitative estimate of drug-likeness (QED) is 0.338. The van der Waals surface area contributed by atoms with Crippen LogP contribution in [0, 0.1) is 6.92 Å². The fourth-order valence-electron chi connectivity index (χ4n) is 4.49. The highest BCUT2D eigenvalue weighted by molar-refractivity contribution is 9.10. The number of hydrogen-bond donors (Lipinski definition) is 0. The predicted molar refractivity (Wildman–Crippen MR) is 136 cm³/mol. The highest BCUT2D eigenvalue weighted by Crippen LogP contribution is 2.39.